The summed E-state index contributed by atoms with van der Waals surface area (Å²) in [6.45, 7) is 6.59. The van der Waals surface area contributed by atoms with Gasteiger partial charge in [-0.15, -0.1) is 0 Å². The molecular weight excluding hydrogens is 240 g/mol. The molecule has 0 saturated carbocycles. The molecule has 0 spiro atoms. The van der Waals surface area contributed by atoms with Gasteiger partial charge in [0.25, 0.3) is 5.91 Å². The number of nitrogens with two attached hydrogens (primary N) is 1. The number of rotatable bonds is 4. The summed E-state index contributed by atoms with van der Waals surface area (Å²) in [6.07, 6.45) is 0. The van der Waals surface area contributed by atoms with E-state index in [1.165, 1.54) is 5.56 Å². The normalized spacial score (nSPS) is 14.3. The third-order valence-corrected chi connectivity index (χ3v) is 3.53. The number of carbonyl (C=O) groups is 1. The Bertz CT molecular complexity index is 483. The van der Waals surface area contributed by atoms with Gasteiger partial charge in [-0.3, -0.25) is 4.79 Å². The minimum absolute atomic E-state index is 0.0382. The Hall–Kier alpha value is -1.39. The standard InChI is InChI=1S/C15H22N2O2/c1-15(2,9-16)10-17(3)14(18)11-4-5-12-7-19-8-13(12)6-11/h4-6H,7-10,16H2,1-3H3. The fraction of sp³-hybridized carbons (Fsp3) is 0.533. The molecule has 0 aromatic heterocycles. The molecule has 1 amide bonds. The highest BCUT2D eigenvalue weighted by molar-refractivity contribution is 5.94. The van der Waals surface area contributed by atoms with Crippen molar-refractivity contribution in [1.82, 2.24) is 4.90 Å². The molecule has 0 atom stereocenters. The molecule has 0 radical (unpaired) electrons. The van der Waals surface area contributed by atoms with E-state index in [1.807, 2.05) is 25.2 Å². The molecule has 2 N–H and O–H groups in total. The lowest BCUT2D eigenvalue weighted by molar-refractivity contribution is 0.0740. The van der Waals surface area contributed by atoms with E-state index in [2.05, 4.69) is 13.8 Å². The van der Waals surface area contributed by atoms with Crippen LogP contribution in [0.4, 0.5) is 0 Å². The van der Waals surface area contributed by atoms with Crippen LogP contribution in [0.15, 0.2) is 18.2 Å². The summed E-state index contributed by atoms with van der Waals surface area (Å²) in [7, 11) is 1.82. The molecule has 4 nitrogen and oxygen atoms in total. The Labute approximate surface area is 114 Å². The minimum atomic E-state index is -0.0652. The Morgan fingerprint density at radius 3 is 2.74 bits per heavy atom. The highest BCUT2D eigenvalue weighted by Crippen LogP contribution is 2.22. The van der Waals surface area contributed by atoms with Crippen molar-refractivity contribution in [3.05, 3.63) is 34.9 Å². The number of carbonyl (C=O) groups excluding carboxylic acids is 1. The zero-order chi connectivity index (χ0) is 14.0. The Morgan fingerprint density at radius 1 is 1.37 bits per heavy atom. The van der Waals surface area contributed by atoms with E-state index >= 15 is 0 Å². The Kier molecular flexibility index (Phi) is 3.92. The van der Waals surface area contributed by atoms with Crippen LogP contribution in [0.5, 0.6) is 0 Å². The van der Waals surface area contributed by atoms with Crippen LogP contribution in [0, 0.1) is 5.41 Å². The van der Waals surface area contributed by atoms with Gasteiger partial charge in [0.15, 0.2) is 0 Å². The van der Waals surface area contributed by atoms with E-state index in [9.17, 15) is 4.79 Å². The van der Waals surface area contributed by atoms with Gasteiger partial charge in [-0.2, -0.15) is 0 Å². The number of ether oxygens (including phenoxy) is 1. The molecule has 1 aromatic rings. The van der Waals surface area contributed by atoms with E-state index in [4.69, 9.17) is 10.5 Å². The van der Waals surface area contributed by atoms with Crippen molar-refractivity contribution in [3.8, 4) is 0 Å². The van der Waals surface area contributed by atoms with E-state index in [-0.39, 0.29) is 11.3 Å². The third kappa shape index (κ3) is 3.14. The number of amides is 1. The summed E-state index contributed by atoms with van der Waals surface area (Å²) in [4.78, 5) is 14.1. The van der Waals surface area contributed by atoms with Crippen LogP contribution in [0.25, 0.3) is 0 Å². The molecule has 1 aliphatic rings. The second-order valence-electron chi connectivity index (χ2n) is 6.01. The number of hydrogen-bond donors (Lipinski definition) is 1. The van der Waals surface area contributed by atoms with Crippen molar-refractivity contribution in [3.63, 3.8) is 0 Å². The van der Waals surface area contributed by atoms with E-state index in [0.717, 1.165) is 11.1 Å². The van der Waals surface area contributed by atoms with Crippen molar-refractivity contribution in [1.29, 1.82) is 0 Å². The van der Waals surface area contributed by atoms with Gasteiger partial charge in [0.2, 0.25) is 0 Å². The quantitative estimate of drug-likeness (QED) is 0.899. The maximum atomic E-state index is 12.4. The maximum absolute atomic E-state index is 12.4. The van der Waals surface area contributed by atoms with Gasteiger partial charge < -0.3 is 15.4 Å². The molecule has 19 heavy (non-hydrogen) atoms. The summed E-state index contributed by atoms with van der Waals surface area (Å²) in [5.74, 6) is 0.0382. The van der Waals surface area contributed by atoms with Crippen LogP contribution in [-0.4, -0.2) is 30.9 Å². The van der Waals surface area contributed by atoms with Crippen molar-refractivity contribution < 1.29 is 9.53 Å². The van der Waals surface area contributed by atoms with Crippen LogP contribution in [0.1, 0.15) is 35.3 Å². The van der Waals surface area contributed by atoms with Gasteiger partial charge >= 0.3 is 0 Å². The summed E-state index contributed by atoms with van der Waals surface area (Å²) >= 11 is 0. The highest BCUT2D eigenvalue weighted by Gasteiger charge is 2.23. The molecule has 2 rings (SSSR count). The van der Waals surface area contributed by atoms with Gasteiger partial charge in [-0.1, -0.05) is 19.9 Å². The first kappa shape index (κ1) is 14.0. The van der Waals surface area contributed by atoms with Gasteiger partial charge in [0, 0.05) is 19.2 Å². The van der Waals surface area contributed by atoms with Crippen LogP contribution < -0.4 is 5.73 Å². The summed E-state index contributed by atoms with van der Waals surface area (Å²) < 4.78 is 5.37. The van der Waals surface area contributed by atoms with Gasteiger partial charge in [0.05, 0.1) is 13.2 Å². The molecule has 4 heteroatoms. The first-order valence-corrected chi connectivity index (χ1v) is 6.58. The lowest BCUT2D eigenvalue weighted by atomic mass is 9.93. The first-order valence-electron chi connectivity index (χ1n) is 6.58. The van der Waals surface area contributed by atoms with Gasteiger partial charge in [-0.25, -0.2) is 0 Å². The smallest absolute Gasteiger partial charge is 0.253 e. The maximum Gasteiger partial charge on any atom is 0.253 e. The predicted molar refractivity (Wildman–Crippen MR) is 74.7 cm³/mol. The lowest BCUT2D eigenvalue weighted by Crippen LogP contribution is -2.39. The zero-order valence-electron chi connectivity index (χ0n) is 11.9. The highest BCUT2D eigenvalue weighted by atomic mass is 16.5. The van der Waals surface area contributed by atoms with Gasteiger partial charge in [-0.05, 0) is 35.2 Å². The molecule has 104 valence electrons. The Balaban J connectivity index is 2.11. The molecular formula is C15H22N2O2. The minimum Gasteiger partial charge on any atom is -0.372 e. The van der Waals surface area contributed by atoms with E-state index in [1.54, 1.807) is 4.90 Å². The van der Waals surface area contributed by atoms with Crippen LogP contribution in [0.2, 0.25) is 0 Å². The molecule has 0 saturated heterocycles. The summed E-state index contributed by atoms with van der Waals surface area (Å²) in [5, 5.41) is 0. The molecule has 0 bridgehead atoms. The summed E-state index contributed by atoms with van der Waals surface area (Å²) in [6, 6.07) is 5.80. The number of benzene rings is 1. The van der Waals surface area contributed by atoms with Gasteiger partial charge in [0.1, 0.15) is 0 Å². The molecule has 0 aliphatic carbocycles. The molecule has 0 unspecified atom stereocenters. The average Bonchev–Trinajstić information content (AvgIpc) is 2.84. The van der Waals surface area contributed by atoms with Crippen LogP contribution in [0.3, 0.4) is 0 Å². The second-order valence-corrected chi connectivity index (χ2v) is 6.01. The fourth-order valence-corrected chi connectivity index (χ4v) is 2.30. The fourth-order valence-electron chi connectivity index (χ4n) is 2.30. The average molecular weight is 262 g/mol. The number of fused-ring (bicyclic) bond motifs is 1. The zero-order valence-corrected chi connectivity index (χ0v) is 11.9. The molecule has 1 aliphatic heterocycles. The molecule has 1 aromatic carbocycles. The first-order chi connectivity index (χ1) is 8.93. The van der Waals surface area contributed by atoms with Crippen molar-refractivity contribution in [2.45, 2.75) is 27.1 Å². The Morgan fingerprint density at radius 2 is 2.05 bits per heavy atom. The van der Waals surface area contributed by atoms with E-state index < -0.39 is 0 Å². The van der Waals surface area contributed by atoms with Crippen molar-refractivity contribution >= 4 is 5.91 Å². The molecule has 0 fully saturated rings. The van der Waals surface area contributed by atoms with E-state index in [0.29, 0.717) is 26.3 Å². The van der Waals surface area contributed by atoms with Crippen molar-refractivity contribution in [2.24, 2.45) is 11.1 Å². The SMILES string of the molecule is CN(CC(C)(C)CN)C(=O)c1ccc2c(c1)COC2. The number of nitrogens with zero attached hydrogens (tertiary/aromatic N) is 1. The molecule has 1 heterocycles. The lowest BCUT2D eigenvalue weighted by Gasteiger charge is -2.29. The van der Waals surface area contributed by atoms with Crippen LogP contribution in [-0.2, 0) is 18.0 Å². The predicted octanol–water partition coefficient (Wildman–Crippen LogP) is 1.77. The van der Waals surface area contributed by atoms with Crippen LogP contribution >= 0.6 is 0 Å². The third-order valence-electron chi connectivity index (χ3n) is 3.53. The van der Waals surface area contributed by atoms with Crippen molar-refractivity contribution in [2.75, 3.05) is 20.1 Å². The number of hydrogen-bond acceptors (Lipinski definition) is 3. The second kappa shape index (κ2) is 5.31. The largest absolute Gasteiger partial charge is 0.372 e. The topological polar surface area (TPSA) is 55.6 Å². The monoisotopic (exact) mass is 262 g/mol. The summed E-state index contributed by atoms with van der Waals surface area (Å²) in [5.41, 5.74) is 8.67.